The summed E-state index contributed by atoms with van der Waals surface area (Å²) < 4.78 is 10.2. The van der Waals surface area contributed by atoms with E-state index in [9.17, 15) is 14.9 Å². The summed E-state index contributed by atoms with van der Waals surface area (Å²) in [5.74, 6) is 0.707. The van der Waals surface area contributed by atoms with Gasteiger partial charge in [0.15, 0.2) is 0 Å². The Hall–Kier alpha value is -2.89. The fraction of sp³-hybridized carbons (Fsp3) is 0.409. The van der Waals surface area contributed by atoms with Gasteiger partial charge in [-0.25, -0.2) is 0 Å². The summed E-state index contributed by atoms with van der Waals surface area (Å²) in [5, 5.41) is 13.2. The molecule has 1 aliphatic carbocycles. The Morgan fingerprint density at radius 1 is 1.37 bits per heavy atom. The van der Waals surface area contributed by atoms with Crippen molar-refractivity contribution in [2.24, 2.45) is 5.92 Å². The second kappa shape index (κ2) is 8.46. The van der Waals surface area contributed by atoms with Crippen molar-refractivity contribution in [2.75, 3.05) is 32.7 Å². The lowest BCUT2D eigenvalue weighted by Crippen LogP contribution is -2.37. The van der Waals surface area contributed by atoms with Crippen molar-refractivity contribution in [3.63, 3.8) is 0 Å². The van der Waals surface area contributed by atoms with Gasteiger partial charge < -0.3 is 19.7 Å². The van der Waals surface area contributed by atoms with Crippen LogP contribution in [0.2, 0.25) is 0 Å². The van der Waals surface area contributed by atoms with Gasteiger partial charge >= 0.3 is 0 Å². The van der Waals surface area contributed by atoms with Crippen LogP contribution >= 0.6 is 11.3 Å². The van der Waals surface area contributed by atoms with Gasteiger partial charge in [-0.05, 0) is 42.0 Å². The molecule has 1 aliphatic heterocycles. The first-order valence-electron chi connectivity index (χ1n) is 9.81. The maximum absolute atomic E-state index is 12.8. The molecule has 1 saturated carbocycles. The number of nitrogens with one attached hydrogen (secondary N) is 1. The van der Waals surface area contributed by atoms with Crippen LogP contribution in [-0.4, -0.2) is 44.1 Å². The fourth-order valence-electron chi connectivity index (χ4n) is 3.97. The van der Waals surface area contributed by atoms with Crippen LogP contribution in [0.5, 0.6) is 5.75 Å². The van der Waals surface area contributed by atoms with Crippen LogP contribution in [0.15, 0.2) is 24.3 Å². The highest BCUT2D eigenvalue weighted by molar-refractivity contribution is 7.16. The fourth-order valence-corrected chi connectivity index (χ4v) is 5.18. The Balaban J connectivity index is 1.46. The number of anilines is 1. The molecule has 2 aromatic rings. The highest BCUT2D eigenvalue weighted by Gasteiger charge is 2.44. The minimum absolute atomic E-state index is 0.0444. The second-order valence-corrected chi connectivity index (χ2v) is 8.64. The first kappa shape index (κ1) is 20.4. The van der Waals surface area contributed by atoms with Gasteiger partial charge in [-0.3, -0.25) is 9.59 Å². The van der Waals surface area contributed by atoms with Crippen LogP contribution in [0.4, 0.5) is 5.00 Å². The van der Waals surface area contributed by atoms with E-state index in [1.165, 1.54) is 18.4 Å². The lowest BCUT2D eigenvalue weighted by atomic mass is 10.0. The van der Waals surface area contributed by atoms with Crippen LogP contribution in [-0.2, 0) is 27.3 Å². The molecule has 2 aliphatic rings. The Bertz CT molecular complexity index is 1030. The molecule has 1 N–H and O–H groups in total. The van der Waals surface area contributed by atoms with E-state index >= 15 is 0 Å². The van der Waals surface area contributed by atoms with E-state index in [0.717, 1.165) is 28.2 Å². The topological polar surface area (TPSA) is 91.7 Å². The maximum atomic E-state index is 12.8. The molecule has 1 fully saturated rings. The summed E-state index contributed by atoms with van der Waals surface area (Å²) >= 11 is 1.39. The number of fused-ring (bicyclic) bond motifs is 1. The monoisotopic (exact) mass is 425 g/mol. The van der Waals surface area contributed by atoms with E-state index in [-0.39, 0.29) is 30.3 Å². The molecule has 0 radical (unpaired) electrons. The largest absolute Gasteiger partial charge is 0.497 e. The van der Waals surface area contributed by atoms with Crippen LogP contribution in [0.25, 0.3) is 0 Å². The second-order valence-electron chi connectivity index (χ2n) is 7.53. The average molecular weight is 426 g/mol. The highest BCUT2D eigenvalue weighted by Crippen LogP contribution is 2.49. The van der Waals surface area contributed by atoms with Gasteiger partial charge in [-0.1, -0.05) is 12.1 Å². The van der Waals surface area contributed by atoms with Crippen molar-refractivity contribution in [3.8, 4) is 11.8 Å². The zero-order valence-electron chi connectivity index (χ0n) is 16.9. The summed E-state index contributed by atoms with van der Waals surface area (Å²) in [6, 6.07) is 10.0. The predicted octanol–water partition coefficient (Wildman–Crippen LogP) is 2.90. The molecule has 30 heavy (non-hydrogen) atoms. The van der Waals surface area contributed by atoms with E-state index in [1.807, 2.05) is 24.3 Å². The van der Waals surface area contributed by atoms with E-state index in [1.54, 1.807) is 12.0 Å². The van der Waals surface area contributed by atoms with Gasteiger partial charge in [-0.2, -0.15) is 5.26 Å². The van der Waals surface area contributed by atoms with E-state index in [2.05, 4.69) is 11.4 Å². The molecule has 2 amide bonds. The molecule has 0 bridgehead atoms. The zero-order valence-corrected chi connectivity index (χ0v) is 17.8. The molecule has 2 atom stereocenters. The highest BCUT2D eigenvalue weighted by atomic mass is 32.1. The Labute approximate surface area is 179 Å². The quantitative estimate of drug-likeness (QED) is 0.768. The number of carbonyl (C=O) groups is 2. The maximum Gasteiger partial charge on any atom is 0.248 e. The first-order chi connectivity index (χ1) is 14.5. The number of hydrogen-bond donors (Lipinski definition) is 1. The average Bonchev–Trinajstić information content (AvgIpc) is 3.49. The van der Waals surface area contributed by atoms with Gasteiger partial charge in [0.05, 0.1) is 19.2 Å². The van der Waals surface area contributed by atoms with Gasteiger partial charge in [0.25, 0.3) is 0 Å². The van der Waals surface area contributed by atoms with Crippen molar-refractivity contribution in [1.29, 1.82) is 5.26 Å². The predicted molar refractivity (Wildman–Crippen MR) is 113 cm³/mol. The van der Waals surface area contributed by atoms with Crippen LogP contribution in [0.1, 0.15) is 33.9 Å². The van der Waals surface area contributed by atoms with Crippen LogP contribution < -0.4 is 10.1 Å². The summed E-state index contributed by atoms with van der Waals surface area (Å²) in [4.78, 5) is 27.6. The van der Waals surface area contributed by atoms with Crippen LogP contribution in [0.3, 0.4) is 0 Å². The SMILES string of the molecule is COCC(=O)N1CCc2c(sc(NC(=O)C3CC3c3cccc(OC)c3)c2C#N)C1. The molecule has 1 aromatic heterocycles. The molecule has 1 aromatic carbocycles. The number of nitriles is 1. The zero-order chi connectivity index (χ0) is 21.3. The van der Waals surface area contributed by atoms with Crippen molar-refractivity contribution in [1.82, 2.24) is 4.90 Å². The van der Waals surface area contributed by atoms with Gasteiger partial charge in [0.1, 0.15) is 23.4 Å². The standard InChI is InChI=1S/C22H23N3O4S/c1-28-12-20(26)25-7-6-15-18(10-23)22(30-19(15)11-25)24-21(27)17-9-16(17)13-4-3-5-14(8-13)29-2/h3-5,8,16-17H,6-7,9,11-12H2,1-2H3,(H,24,27). The number of thiophene rings is 1. The number of rotatable bonds is 6. The summed E-state index contributed by atoms with van der Waals surface area (Å²) in [6.07, 6.45) is 1.39. The lowest BCUT2D eigenvalue weighted by molar-refractivity contribution is -0.136. The summed E-state index contributed by atoms with van der Waals surface area (Å²) in [6.45, 7) is 1.04. The summed E-state index contributed by atoms with van der Waals surface area (Å²) in [7, 11) is 3.12. The third-order valence-corrected chi connectivity index (χ3v) is 6.81. The molecule has 8 heteroatoms. The number of methoxy groups -OCH3 is 2. The van der Waals surface area contributed by atoms with Crippen LogP contribution in [0, 0.1) is 17.2 Å². The Morgan fingerprint density at radius 2 is 2.20 bits per heavy atom. The molecule has 0 spiro atoms. The van der Waals surface area contributed by atoms with Crippen molar-refractivity contribution < 1.29 is 19.1 Å². The van der Waals surface area contributed by atoms with E-state index < -0.39 is 0 Å². The first-order valence-corrected chi connectivity index (χ1v) is 10.6. The minimum Gasteiger partial charge on any atom is -0.497 e. The van der Waals surface area contributed by atoms with Gasteiger partial charge in [0.2, 0.25) is 11.8 Å². The lowest BCUT2D eigenvalue weighted by Gasteiger charge is -2.26. The molecule has 156 valence electrons. The molecule has 2 heterocycles. The third kappa shape index (κ3) is 3.91. The molecular formula is C22H23N3O4S. The molecule has 2 unspecified atom stereocenters. The van der Waals surface area contributed by atoms with Gasteiger partial charge in [0, 0.05) is 24.4 Å². The number of hydrogen-bond acceptors (Lipinski definition) is 6. The summed E-state index contributed by atoms with van der Waals surface area (Å²) in [5.41, 5.74) is 2.56. The number of benzene rings is 1. The molecular weight excluding hydrogens is 402 g/mol. The number of ether oxygens (including phenoxy) is 2. The molecule has 0 saturated heterocycles. The minimum atomic E-state index is -0.109. The Morgan fingerprint density at radius 3 is 2.93 bits per heavy atom. The van der Waals surface area contributed by atoms with Crippen molar-refractivity contribution in [3.05, 3.63) is 45.8 Å². The van der Waals surface area contributed by atoms with Gasteiger partial charge in [-0.15, -0.1) is 11.3 Å². The third-order valence-electron chi connectivity index (χ3n) is 5.68. The Kier molecular flexibility index (Phi) is 5.75. The normalized spacial score (nSPS) is 19.6. The molecule has 7 nitrogen and oxygen atoms in total. The van der Waals surface area contributed by atoms with Crippen molar-refractivity contribution in [2.45, 2.75) is 25.3 Å². The smallest absolute Gasteiger partial charge is 0.248 e. The van der Waals surface area contributed by atoms with Crippen molar-refractivity contribution >= 4 is 28.2 Å². The van der Waals surface area contributed by atoms with E-state index in [4.69, 9.17) is 9.47 Å². The number of amides is 2. The number of nitrogens with zero attached hydrogens (tertiary/aromatic N) is 2. The molecule has 4 rings (SSSR count). The van der Waals surface area contributed by atoms with E-state index in [0.29, 0.717) is 30.1 Å². The number of carbonyl (C=O) groups excluding carboxylic acids is 2.